The maximum Gasteiger partial charge on any atom is 0.318 e. The first kappa shape index (κ1) is 20.5. The fraction of sp³-hybridized carbons (Fsp3) is 0.636. The molecule has 28 heavy (non-hydrogen) atoms. The lowest BCUT2D eigenvalue weighted by atomic mass is 9.94. The number of rotatable bonds is 5. The van der Waals surface area contributed by atoms with Crippen molar-refractivity contribution in [3.05, 3.63) is 30.3 Å². The van der Waals surface area contributed by atoms with Gasteiger partial charge in [-0.1, -0.05) is 51.3 Å². The van der Waals surface area contributed by atoms with E-state index in [-0.39, 0.29) is 23.9 Å². The van der Waals surface area contributed by atoms with Gasteiger partial charge in [-0.2, -0.15) is 0 Å². The van der Waals surface area contributed by atoms with Crippen molar-refractivity contribution in [3.63, 3.8) is 0 Å². The Morgan fingerprint density at radius 3 is 2.21 bits per heavy atom. The third-order valence-electron chi connectivity index (χ3n) is 5.87. The van der Waals surface area contributed by atoms with Crippen LogP contribution >= 0.6 is 0 Å². The molecule has 2 aliphatic rings. The molecule has 1 aliphatic carbocycles. The van der Waals surface area contributed by atoms with Gasteiger partial charge in [0.2, 0.25) is 5.91 Å². The zero-order chi connectivity index (χ0) is 19.9. The molecule has 0 aromatic heterocycles. The Bertz CT molecular complexity index is 635. The number of anilines is 1. The quantitative estimate of drug-likeness (QED) is 0.818. The fourth-order valence-corrected chi connectivity index (χ4v) is 4.10. The lowest BCUT2D eigenvalue weighted by molar-refractivity contribution is -0.124. The maximum absolute atomic E-state index is 12.8. The third-order valence-corrected chi connectivity index (χ3v) is 5.87. The molecule has 3 amide bonds. The summed E-state index contributed by atoms with van der Waals surface area (Å²) in [5.41, 5.74) is 1.19. The number of amides is 3. The molecule has 2 N–H and O–H groups in total. The van der Waals surface area contributed by atoms with E-state index in [9.17, 15) is 9.59 Å². The summed E-state index contributed by atoms with van der Waals surface area (Å²) >= 11 is 0. The standard InChI is InChI=1S/C22H34N4O2/c1-17(2)20(21(27)23-18-9-5-3-6-10-18)24-22(28)26-15-13-25(14-16-26)19-11-7-4-8-12-19/h4,7-8,11-12,17-18,20H,3,5-6,9-10,13-16H2,1-2H3,(H,23,27)(H,24,28)/t20-/m0/s1. The third kappa shape index (κ3) is 5.40. The van der Waals surface area contributed by atoms with E-state index in [4.69, 9.17) is 0 Å². The van der Waals surface area contributed by atoms with Gasteiger partial charge in [-0.05, 0) is 30.9 Å². The monoisotopic (exact) mass is 386 g/mol. The Morgan fingerprint density at radius 2 is 1.61 bits per heavy atom. The molecule has 3 rings (SSSR count). The van der Waals surface area contributed by atoms with Gasteiger partial charge in [-0.25, -0.2) is 4.79 Å². The first-order valence-corrected chi connectivity index (χ1v) is 10.7. The van der Waals surface area contributed by atoms with Crippen molar-refractivity contribution in [2.24, 2.45) is 5.92 Å². The highest BCUT2D eigenvalue weighted by Crippen LogP contribution is 2.18. The highest BCUT2D eigenvalue weighted by molar-refractivity contribution is 5.87. The van der Waals surface area contributed by atoms with Gasteiger partial charge in [0.05, 0.1) is 0 Å². The number of benzene rings is 1. The SMILES string of the molecule is CC(C)[C@H](NC(=O)N1CCN(c2ccccc2)CC1)C(=O)NC1CCCCC1. The van der Waals surface area contributed by atoms with Crippen LogP contribution in [0.1, 0.15) is 46.0 Å². The average molecular weight is 387 g/mol. The van der Waals surface area contributed by atoms with Crippen molar-refractivity contribution < 1.29 is 9.59 Å². The van der Waals surface area contributed by atoms with Crippen molar-refractivity contribution in [1.29, 1.82) is 0 Å². The Labute approximate surface area is 168 Å². The highest BCUT2D eigenvalue weighted by Gasteiger charge is 2.29. The molecule has 6 nitrogen and oxygen atoms in total. The summed E-state index contributed by atoms with van der Waals surface area (Å²) in [5.74, 6) is 0.0105. The Hall–Kier alpha value is -2.24. The molecule has 6 heteroatoms. The van der Waals surface area contributed by atoms with Gasteiger partial charge in [0.1, 0.15) is 6.04 Å². The number of para-hydroxylation sites is 1. The summed E-state index contributed by atoms with van der Waals surface area (Å²) in [6.07, 6.45) is 5.70. The van der Waals surface area contributed by atoms with Crippen LogP contribution in [-0.2, 0) is 4.79 Å². The molecule has 1 saturated carbocycles. The molecule has 1 heterocycles. The number of hydrogen-bond donors (Lipinski definition) is 2. The van der Waals surface area contributed by atoms with E-state index in [0.717, 1.165) is 25.9 Å². The Balaban J connectivity index is 1.50. The number of carbonyl (C=O) groups excluding carboxylic acids is 2. The van der Waals surface area contributed by atoms with Gasteiger partial charge < -0.3 is 20.4 Å². The minimum absolute atomic E-state index is 0.0434. The Morgan fingerprint density at radius 1 is 0.964 bits per heavy atom. The smallest absolute Gasteiger partial charge is 0.318 e. The summed E-state index contributed by atoms with van der Waals surface area (Å²) in [6.45, 7) is 6.90. The summed E-state index contributed by atoms with van der Waals surface area (Å²) in [7, 11) is 0. The predicted molar refractivity (Wildman–Crippen MR) is 112 cm³/mol. The lowest BCUT2D eigenvalue weighted by Gasteiger charge is -2.37. The summed E-state index contributed by atoms with van der Waals surface area (Å²) in [6, 6.07) is 9.91. The number of nitrogens with one attached hydrogen (secondary N) is 2. The summed E-state index contributed by atoms with van der Waals surface area (Å²) in [5, 5.41) is 6.14. The largest absolute Gasteiger partial charge is 0.368 e. The van der Waals surface area contributed by atoms with Crippen molar-refractivity contribution in [1.82, 2.24) is 15.5 Å². The number of piperazine rings is 1. The van der Waals surface area contributed by atoms with Crippen LogP contribution in [-0.4, -0.2) is 55.1 Å². The van der Waals surface area contributed by atoms with Gasteiger partial charge in [-0.15, -0.1) is 0 Å². The first-order chi connectivity index (χ1) is 13.5. The lowest BCUT2D eigenvalue weighted by Crippen LogP contribution is -2.58. The molecular weight excluding hydrogens is 352 g/mol. The molecule has 0 spiro atoms. The minimum Gasteiger partial charge on any atom is -0.368 e. The second-order valence-corrected chi connectivity index (χ2v) is 8.32. The van der Waals surface area contributed by atoms with E-state index in [2.05, 4.69) is 27.7 Å². The molecule has 2 fully saturated rings. The molecule has 154 valence electrons. The van der Waals surface area contributed by atoms with E-state index in [1.807, 2.05) is 36.9 Å². The van der Waals surface area contributed by atoms with Crippen molar-refractivity contribution in [3.8, 4) is 0 Å². The van der Waals surface area contributed by atoms with E-state index < -0.39 is 6.04 Å². The molecule has 0 radical (unpaired) electrons. The van der Waals surface area contributed by atoms with Crippen molar-refractivity contribution >= 4 is 17.6 Å². The number of carbonyl (C=O) groups is 2. The summed E-state index contributed by atoms with van der Waals surface area (Å²) in [4.78, 5) is 29.6. The topological polar surface area (TPSA) is 64.7 Å². The van der Waals surface area contributed by atoms with Crippen LogP contribution in [0.2, 0.25) is 0 Å². The van der Waals surface area contributed by atoms with Crippen molar-refractivity contribution in [2.75, 3.05) is 31.1 Å². The van der Waals surface area contributed by atoms with Crippen LogP contribution in [0.3, 0.4) is 0 Å². The highest BCUT2D eigenvalue weighted by atomic mass is 16.2. The number of nitrogens with zero attached hydrogens (tertiary/aromatic N) is 2. The van der Waals surface area contributed by atoms with Crippen LogP contribution in [0.15, 0.2) is 30.3 Å². The molecule has 0 unspecified atom stereocenters. The van der Waals surface area contributed by atoms with E-state index in [0.29, 0.717) is 13.1 Å². The molecule has 1 saturated heterocycles. The number of urea groups is 1. The molecule has 1 atom stereocenters. The summed E-state index contributed by atoms with van der Waals surface area (Å²) < 4.78 is 0. The molecule has 1 aromatic rings. The van der Waals surface area contributed by atoms with Gasteiger partial charge in [0, 0.05) is 37.9 Å². The zero-order valence-electron chi connectivity index (χ0n) is 17.2. The van der Waals surface area contributed by atoms with Gasteiger partial charge in [0.25, 0.3) is 0 Å². The first-order valence-electron chi connectivity index (χ1n) is 10.7. The number of hydrogen-bond acceptors (Lipinski definition) is 3. The van der Waals surface area contributed by atoms with Crippen LogP contribution in [0.25, 0.3) is 0 Å². The fourth-order valence-electron chi connectivity index (χ4n) is 4.10. The van der Waals surface area contributed by atoms with Crippen molar-refractivity contribution in [2.45, 2.75) is 58.0 Å². The second-order valence-electron chi connectivity index (χ2n) is 8.32. The van der Waals surface area contributed by atoms with Crippen LogP contribution < -0.4 is 15.5 Å². The molecular formula is C22H34N4O2. The molecule has 1 aliphatic heterocycles. The van der Waals surface area contributed by atoms with Gasteiger partial charge in [0.15, 0.2) is 0 Å². The van der Waals surface area contributed by atoms with Gasteiger partial charge >= 0.3 is 6.03 Å². The normalized spacial score (nSPS) is 19.4. The predicted octanol–water partition coefficient (Wildman–Crippen LogP) is 2.99. The van der Waals surface area contributed by atoms with Crippen LogP contribution in [0.5, 0.6) is 0 Å². The van der Waals surface area contributed by atoms with E-state index in [1.165, 1.54) is 24.9 Å². The Kier molecular flexibility index (Phi) is 7.18. The second kappa shape index (κ2) is 9.80. The zero-order valence-corrected chi connectivity index (χ0v) is 17.2. The molecule has 1 aromatic carbocycles. The average Bonchev–Trinajstić information content (AvgIpc) is 2.73. The van der Waals surface area contributed by atoms with E-state index in [1.54, 1.807) is 0 Å². The van der Waals surface area contributed by atoms with Gasteiger partial charge in [-0.3, -0.25) is 4.79 Å². The molecule has 0 bridgehead atoms. The maximum atomic E-state index is 12.8. The minimum atomic E-state index is -0.485. The van der Waals surface area contributed by atoms with E-state index >= 15 is 0 Å². The van der Waals surface area contributed by atoms with Crippen LogP contribution in [0.4, 0.5) is 10.5 Å². The van der Waals surface area contributed by atoms with Crippen LogP contribution in [0, 0.1) is 5.92 Å².